The highest BCUT2D eigenvalue weighted by molar-refractivity contribution is 7.16. The van der Waals surface area contributed by atoms with E-state index in [0.717, 1.165) is 54.1 Å². The zero-order valence-electron chi connectivity index (χ0n) is 23.6. The van der Waals surface area contributed by atoms with Crippen LogP contribution in [0.25, 0.3) is 10.2 Å². The molecule has 0 saturated heterocycles. The number of thiazole rings is 1. The van der Waals surface area contributed by atoms with Gasteiger partial charge in [0.05, 0.1) is 24.4 Å². The van der Waals surface area contributed by atoms with Gasteiger partial charge in [-0.2, -0.15) is 0 Å². The van der Waals surface area contributed by atoms with Crippen molar-refractivity contribution in [3.05, 3.63) is 56.7 Å². The number of nitrogens with zero attached hydrogens (tertiary/aromatic N) is 1. The summed E-state index contributed by atoms with van der Waals surface area (Å²) in [5.74, 6) is 1.77. The lowest BCUT2D eigenvalue weighted by molar-refractivity contribution is 0.175. The molecule has 0 unspecified atom stereocenters. The van der Waals surface area contributed by atoms with Gasteiger partial charge in [-0.05, 0) is 100 Å². The van der Waals surface area contributed by atoms with E-state index in [1.807, 2.05) is 0 Å². The van der Waals surface area contributed by atoms with Crippen LogP contribution < -0.4 is 19.7 Å². The number of halogens is 2. The van der Waals surface area contributed by atoms with Gasteiger partial charge in [0.15, 0.2) is 11.5 Å². The molecular weight excluding hydrogens is 553 g/mol. The molecule has 1 aliphatic carbocycles. The number of unbranched alkanes of at least 4 members (excludes halogenated alkanes) is 3. The Balaban J connectivity index is 0.00000267. The maximum Gasteiger partial charge on any atom is 0.305 e. The Hall–Kier alpha value is -1.77. The van der Waals surface area contributed by atoms with Crippen LogP contribution in [0.3, 0.4) is 0 Å². The lowest BCUT2D eigenvalue weighted by atomic mass is 9.86. The van der Waals surface area contributed by atoms with Gasteiger partial charge in [0.2, 0.25) is 0 Å². The summed E-state index contributed by atoms with van der Waals surface area (Å²) in [5.41, 5.74) is 4.99. The molecule has 0 bridgehead atoms. The van der Waals surface area contributed by atoms with Gasteiger partial charge in [0.25, 0.3) is 0 Å². The summed E-state index contributed by atoms with van der Waals surface area (Å²) < 4.78 is 12.2. The molecular formula is C30H45Cl2N3O3S. The Morgan fingerprint density at radius 3 is 2.62 bits per heavy atom. The first-order valence-corrected chi connectivity index (χ1v) is 14.7. The number of H-pyrrole nitrogens is 1. The predicted octanol–water partition coefficient (Wildman–Crippen LogP) is 6.41. The van der Waals surface area contributed by atoms with Gasteiger partial charge in [-0.15, -0.1) is 24.8 Å². The van der Waals surface area contributed by atoms with Gasteiger partial charge in [-0.3, -0.25) is 4.79 Å². The average Bonchev–Trinajstić information content (AvgIpc) is 3.29. The molecule has 4 rings (SSSR count). The highest BCUT2D eigenvalue weighted by atomic mass is 35.5. The fourth-order valence-corrected chi connectivity index (χ4v) is 6.39. The molecule has 9 heteroatoms. The summed E-state index contributed by atoms with van der Waals surface area (Å²) in [5, 5.41) is 3.59. The lowest BCUT2D eigenvalue weighted by Gasteiger charge is -2.36. The zero-order valence-corrected chi connectivity index (χ0v) is 26.0. The number of nitrogens with one attached hydrogen (secondary N) is 2. The van der Waals surface area contributed by atoms with E-state index in [4.69, 9.17) is 9.47 Å². The third kappa shape index (κ3) is 9.12. The summed E-state index contributed by atoms with van der Waals surface area (Å²) in [6.45, 7) is 6.72. The topological polar surface area (TPSA) is 66.6 Å². The van der Waals surface area contributed by atoms with Crippen molar-refractivity contribution >= 4 is 46.4 Å². The summed E-state index contributed by atoms with van der Waals surface area (Å²) in [4.78, 5) is 17.1. The van der Waals surface area contributed by atoms with E-state index in [-0.39, 0.29) is 29.7 Å². The largest absolute Gasteiger partial charge is 0.493 e. The van der Waals surface area contributed by atoms with Crippen LogP contribution in [0.4, 0.5) is 0 Å². The SMILES string of the molecule is CCCN(CCCCCCNCCc1ccc2sc(=O)[nH]c2c1)[C@H]1CCc2c(ccc(OC)c2OC)C1.Cl.Cl. The minimum atomic E-state index is 0. The molecule has 3 aromatic rings. The van der Waals surface area contributed by atoms with Gasteiger partial charge in [-0.1, -0.05) is 43.2 Å². The van der Waals surface area contributed by atoms with Crippen molar-refractivity contribution in [1.82, 2.24) is 15.2 Å². The van der Waals surface area contributed by atoms with Crippen molar-refractivity contribution in [2.24, 2.45) is 0 Å². The number of hydrogen-bond acceptors (Lipinski definition) is 6. The minimum absolute atomic E-state index is 0. The van der Waals surface area contributed by atoms with Crippen LogP contribution in [0.1, 0.15) is 62.1 Å². The molecule has 6 nitrogen and oxygen atoms in total. The summed E-state index contributed by atoms with van der Waals surface area (Å²) in [7, 11) is 3.46. The van der Waals surface area contributed by atoms with E-state index in [0.29, 0.717) is 6.04 Å². The molecule has 2 N–H and O–H groups in total. The number of hydrogen-bond donors (Lipinski definition) is 2. The molecule has 0 amide bonds. The second kappa shape index (κ2) is 17.1. The van der Waals surface area contributed by atoms with Gasteiger partial charge in [0.1, 0.15) is 0 Å². The number of benzene rings is 2. The van der Waals surface area contributed by atoms with Crippen molar-refractivity contribution in [1.29, 1.82) is 0 Å². The van der Waals surface area contributed by atoms with Gasteiger partial charge in [-0.25, -0.2) is 0 Å². The van der Waals surface area contributed by atoms with Gasteiger partial charge < -0.3 is 24.7 Å². The summed E-state index contributed by atoms with van der Waals surface area (Å²) >= 11 is 1.28. The van der Waals surface area contributed by atoms with Gasteiger partial charge >= 0.3 is 4.87 Å². The molecule has 0 spiro atoms. The summed E-state index contributed by atoms with van der Waals surface area (Å²) in [6, 6.07) is 11.2. The molecule has 1 atom stereocenters. The minimum Gasteiger partial charge on any atom is -0.493 e. The zero-order chi connectivity index (χ0) is 26.0. The summed E-state index contributed by atoms with van der Waals surface area (Å²) in [6.07, 6.45) is 10.6. The Kier molecular flexibility index (Phi) is 14.7. The molecule has 1 heterocycles. The predicted molar refractivity (Wildman–Crippen MR) is 169 cm³/mol. The van der Waals surface area contributed by atoms with Crippen molar-refractivity contribution in [2.75, 3.05) is 40.4 Å². The number of aromatic amines is 1. The number of aromatic nitrogens is 1. The highest BCUT2D eigenvalue weighted by Gasteiger charge is 2.27. The third-order valence-electron chi connectivity index (χ3n) is 7.58. The van der Waals surface area contributed by atoms with Crippen LogP contribution in [-0.2, 0) is 19.3 Å². The fraction of sp³-hybridized carbons (Fsp3) is 0.567. The molecule has 2 aromatic carbocycles. The van der Waals surface area contributed by atoms with Crippen molar-refractivity contribution < 1.29 is 9.47 Å². The second-order valence-electron chi connectivity index (χ2n) is 10.1. The van der Waals surface area contributed by atoms with Crippen LogP contribution in [0.5, 0.6) is 11.5 Å². The monoisotopic (exact) mass is 597 g/mol. The van der Waals surface area contributed by atoms with E-state index >= 15 is 0 Å². The number of ether oxygens (including phenoxy) is 2. The van der Waals surface area contributed by atoms with E-state index in [9.17, 15) is 4.79 Å². The molecule has 0 aliphatic heterocycles. The quantitative estimate of drug-likeness (QED) is 0.198. The van der Waals surface area contributed by atoms with E-state index in [2.05, 4.69) is 52.5 Å². The molecule has 1 aliphatic rings. The third-order valence-corrected chi connectivity index (χ3v) is 8.44. The number of methoxy groups -OCH3 is 2. The van der Waals surface area contributed by atoms with Crippen molar-refractivity contribution in [3.63, 3.8) is 0 Å². The van der Waals surface area contributed by atoms with Crippen LogP contribution in [0.15, 0.2) is 35.1 Å². The van der Waals surface area contributed by atoms with Crippen molar-refractivity contribution in [3.8, 4) is 11.5 Å². The molecule has 0 saturated carbocycles. The fourth-order valence-electron chi connectivity index (χ4n) is 5.67. The Morgan fingerprint density at radius 1 is 1.03 bits per heavy atom. The van der Waals surface area contributed by atoms with Gasteiger partial charge in [0, 0.05) is 11.6 Å². The Labute approximate surface area is 249 Å². The van der Waals surface area contributed by atoms with E-state index in [1.165, 1.54) is 79.6 Å². The molecule has 218 valence electrons. The normalized spacial score (nSPS) is 14.5. The lowest BCUT2D eigenvalue weighted by Crippen LogP contribution is -2.40. The first kappa shape index (κ1) is 33.4. The molecule has 39 heavy (non-hydrogen) atoms. The van der Waals surface area contributed by atoms with Crippen molar-refractivity contribution in [2.45, 2.75) is 70.8 Å². The van der Waals surface area contributed by atoms with E-state index < -0.39 is 0 Å². The molecule has 1 aromatic heterocycles. The van der Waals surface area contributed by atoms with Crippen LogP contribution in [0, 0.1) is 0 Å². The Bertz CT molecular complexity index is 1200. The van der Waals surface area contributed by atoms with Crippen LogP contribution >= 0.6 is 36.2 Å². The number of rotatable bonds is 15. The Morgan fingerprint density at radius 2 is 1.85 bits per heavy atom. The molecule has 0 radical (unpaired) electrons. The first-order valence-electron chi connectivity index (χ1n) is 13.9. The second-order valence-corrected chi connectivity index (χ2v) is 11.1. The maximum atomic E-state index is 11.5. The standard InChI is InChI=1S/C30H43N3O3S.2ClH/c1-4-18-33(24-11-12-25-23(21-24)10-13-27(35-2)29(25)36-3)19-8-6-5-7-16-31-17-15-22-9-14-28-26(20-22)32-30(34)37-28;;/h9-10,13-14,20,24,31H,4-8,11-12,15-19,21H2,1-3H3,(H,32,34);2*1H/t24-;;/m0../s1. The van der Waals surface area contributed by atoms with Crippen LogP contribution in [0.2, 0.25) is 0 Å². The first-order chi connectivity index (χ1) is 18.1. The molecule has 0 fully saturated rings. The smallest absolute Gasteiger partial charge is 0.305 e. The number of fused-ring (bicyclic) bond motifs is 2. The maximum absolute atomic E-state index is 11.5. The van der Waals surface area contributed by atoms with E-state index in [1.54, 1.807) is 14.2 Å². The average molecular weight is 599 g/mol. The highest BCUT2D eigenvalue weighted by Crippen LogP contribution is 2.38. The van der Waals surface area contributed by atoms with Crippen LogP contribution in [-0.4, -0.2) is 56.3 Å².